The van der Waals surface area contributed by atoms with Gasteiger partial charge in [-0.15, -0.1) is 10.2 Å². The Kier molecular flexibility index (Phi) is 4.66. The summed E-state index contributed by atoms with van der Waals surface area (Å²) in [5.74, 6) is 3.18. The van der Waals surface area contributed by atoms with Crippen LogP contribution in [0.1, 0.15) is 30.8 Å². The SMILES string of the molecule is CCn1nnc(-c2cnc(C)nc2OC[C@H]2C[C@@H]2c2ccc(OC)cn2)n1. The Labute approximate surface area is 156 Å². The van der Waals surface area contributed by atoms with Gasteiger partial charge in [0.2, 0.25) is 11.7 Å². The maximum absolute atomic E-state index is 6.02. The lowest BCUT2D eigenvalue weighted by molar-refractivity contribution is 0.285. The van der Waals surface area contributed by atoms with Gasteiger partial charge in [-0.3, -0.25) is 4.98 Å². The van der Waals surface area contributed by atoms with Crippen LogP contribution in [0.25, 0.3) is 11.4 Å². The number of hydrogen-bond donors (Lipinski definition) is 0. The highest BCUT2D eigenvalue weighted by Crippen LogP contribution is 2.47. The Morgan fingerprint density at radius 1 is 1.22 bits per heavy atom. The summed E-state index contributed by atoms with van der Waals surface area (Å²) in [5.41, 5.74) is 1.72. The number of hydrogen-bond acceptors (Lipinski definition) is 8. The second-order valence-electron chi connectivity index (χ2n) is 6.47. The summed E-state index contributed by atoms with van der Waals surface area (Å²) >= 11 is 0. The van der Waals surface area contributed by atoms with E-state index in [1.54, 1.807) is 19.5 Å². The summed E-state index contributed by atoms with van der Waals surface area (Å²) in [6.07, 6.45) is 4.48. The average molecular weight is 367 g/mol. The van der Waals surface area contributed by atoms with Gasteiger partial charge < -0.3 is 9.47 Å². The minimum atomic E-state index is 0.404. The molecule has 140 valence electrons. The van der Waals surface area contributed by atoms with Crippen LogP contribution in [0.5, 0.6) is 11.6 Å². The molecule has 0 radical (unpaired) electrons. The third kappa shape index (κ3) is 3.71. The van der Waals surface area contributed by atoms with Gasteiger partial charge in [0.15, 0.2) is 0 Å². The van der Waals surface area contributed by atoms with E-state index in [0.29, 0.717) is 48.1 Å². The standard InChI is InChI=1S/C18H21N7O2/c1-4-25-23-17(22-24-25)15-9-19-11(2)21-18(15)27-10-12-7-14(12)16-6-5-13(26-3)8-20-16/h5-6,8-9,12,14H,4,7,10H2,1-3H3/t12-,14+/m1/s1. The molecule has 1 aliphatic carbocycles. The number of tetrazole rings is 1. The van der Waals surface area contributed by atoms with E-state index >= 15 is 0 Å². The van der Waals surface area contributed by atoms with Crippen LogP contribution in [0.2, 0.25) is 0 Å². The number of methoxy groups -OCH3 is 1. The Morgan fingerprint density at radius 3 is 2.81 bits per heavy atom. The van der Waals surface area contributed by atoms with Crippen molar-refractivity contribution in [2.24, 2.45) is 5.92 Å². The molecule has 0 aliphatic heterocycles. The van der Waals surface area contributed by atoms with Crippen molar-refractivity contribution in [2.45, 2.75) is 32.7 Å². The van der Waals surface area contributed by atoms with Crippen LogP contribution in [0, 0.1) is 12.8 Å². The first-order valence-electron chi connectivity index (χ1n) is 8.92. The van der Waals surface area contributed by atoms with Crippen LogP contribution in [0.4, 0.5) is 0 Å². The molecular formula is C18H21N7O2. The minimum Gasteiger partial charge on any atom is -0.495 e. The fourth-order valence-electron chi connectivity index (χ4n) is 2.91. The van der Waals surface area contributed by atoms with E-state index in [0.717, 1.165) is 17.9 Å². The van der Waals surface area contributed by atoms with Crippen molar-refractivity contribution in [3.63, 3.8) is 0 Å². The first-order valence-corrected chi connectivity index (χ1v) is 8.92. The summed E-state index contributed by atoms with van der Waals surface area (Å²) in [6.45, 7) is 4.99. The normalized spacial score (nSPS) is 18.3. The molecule has 0 amide bonds. The molecule has 0 unspecified atom stereocenters. The zero-order chi connectivity index (χ0) is 18.8. The molecule has 1 saturated carbocycles. The van der Waals surface area contributed by atoms with Crippen LogP contribution in [0.3, 0.4) is 0 Å². The van der Waals surface area contributed by atoms with Crippen molar-refractivity contribution in [1.29, 1.82) is 0 Å². The number of aryl methyl sites for hydroxylation is 2. The number of ether oxygens (including phenoxy) is 2. The van der Waals surface area contributed by atoms with Gasteiger partial charge in [-0.05, 0) is 37.6 Å². The largest absolute Gasteiger partial charge is 0.495 e. The zero-order valence-electron chi connectivity index (χ0n) is 15.5. The lowest BCUT2D eigenvalue weighted by Crippen LogP contribution is -2.06. The molecule has 3 heterocycles. The van der Waals surface area contributed by atoms with Gasteiger partial charge in [-0.2, -0.15) is 9.78 Å². The van der Waals surface area contributed by atoms with Crippen LogP contribution < -0.4 is 9.47 Å². The van der Waals surface area contributed by atoms with E-state index in [1.807, 2.05) is 26.0 Å². The van der Waals surface area contributed by atoms with Crippen molar-refractivity contribution in [1.82, 2.24) is 35.2 Å². The van der Waals surface area contributed by atoms with E-state index in [4.69, 9.17) is 9.47 Å². The monoisotopic (exact) mass is 367 g/mol. The molecule has 0 N–H and O–H groups in total. The Hall–Kier alpha value is -3.10. The highest BCUT2D eigenvalue weighted by molar-refractivity contribution is 5.59. The smallest absolute Gasteiger partial charge is 0.228 e. The molecule has 1 aliphatic rings. The molecule has 9 nitrogen and oxygen atoms in total. The first kappa shape index (κ1) is 17.3. The first-order chi connectivity index (χ1) is 13.2. The summed E-state index contributed by atoms with van der Waals surface area (Å²) in [5, 5.41) is 12.4. The molecule has 9 heteroatoms. The van der Waals surface area contributed by atoms with Crippen molar-refractivity contribution in [3.05, 3.63) is 36.0 Å². The molecule has 27 heavy (non-hydrogen) atoms. The van der Waals surface area contributed by atoms with E-state index in [-0.39, 0.29) is 0 Å². The average Bonchev–Trinajstić information content (AvgIpc) is 3.32. The van der Waals surface area contributed by atoms with Gasteiger partial charge in [-0.1, -0.05) is 0 Å². The molecule has 0 spiro atoms. The molecule has 0 bridgehead atoms. The molecule has 1 fully saturated rings. The maximum atomic E-state index is 6.02. The summed E-state index contributed by atoms with van der Waals surface area (Å²) in [6, 6.07) is 3.95. The molecule has 2 atom stereocenters. The molecule has 3 aromatic heterocycles. The second kappa shape index (κ2) is 7.26. The Morgan fingerprint density at radius 2 is 2.11 bits per heavy atom. The summed E-state index contributed by atoms with van der Waals surface area (Å²) in [7, 11) is 1.64. The van der Waals surface area contributed by atoms with Gasteiger partial charge in [0.05, 0.1) is 26.5 Å². The lowest BCUT2D eigenvalue weighted by Gasteiger charge is -2.08. The third-order valence-electron chi connectivity index (χ3n) is 4.58. The molecule has 0 aromatic carbocycles. The lowest BCUT2D eigenvalue weighted by atomic mass is 10.2. The van der Waals surface area contributed by atoms with Gasteiger partial charge in [0.25, 0.3) is 0 Å². The predicted octanol–water partition coefficient (Wildman–Crippen LogP) is 2.04. The third-order valence-corrected chi connectivity index (χ3v) is 4.58. The van der Waals surface area contributed by atoms with Gasteiger partial charge in [0, 0.05) is 23.7 Å². The predicted molar refractivity (Wildman–Crippen MR) is 96.4 cm³/mol. The Balaban J connectivity index is 1.44. The van der Waals surface area contributed by atoms with E-state index < -0.39 is 0 Å². The van der Waals surface area contributed by atoms with Crippen molar-refractivity contribution >= 4 is 0 Å². The summed E-state index contributed by atoms with van der Waals surface area (Å²) in [4.78, 5) is 14.7. The molecular weight excluding hydrogens is 346 g/mol. The van der Waals surface area contributed by atoms with E-state index in [9.17, 15) is 0 Å². The second-order valence-corrected chi connectivity index (χ2v) is 6.47. The molecule has 0 saturated heterocycles. The van der Waals surface area contributed by atoms with Crippen molar-refractivity contribution < 1.29 is 9.47 Å². The summed E-state index contributed by atoms with van der Waals surface area (Å²) < 4.78 is 11.2. The van der Waals surface area contributed by atoms with Gasteiger partial charge in [0.1, 0.15) is 17.1 Å². The van der Waals surface area contributed by atoms with Crippen LogP contribution in [-0.2, 0) is 6.54 Å². The van der Waals surface area contributed by atoms with Crippen LogP contribution in [0.15, 0.2) is 24.5 Å². The zero-order valence-corrected chi connectivity index (χ0v) is 15.5. The van der Waals surface area contributed by atoms with Crippen LogP contribution in [-0.4, -0.2) is 48.9 Å². The van der Waals surface area contributed by atoms with Crippen LogP contribution >= 0.6 is 0 Å². The highest BCUT2D eigenvalue weighted by Gasteiger charge is 2.40. The van der Waals surface area contributed by atoms with Crippen molar-refractivity contribution in [3.8, 4) is 23.0 Å². The van der Waals surface area contributed by atoms with Crippen molar-refractivity contribution in [2.75, 3.05) is 13.7 Å². The Bertz CT molecular complexity index is 926. The fraction of sp³-hybridized carbons (Fsp3) is 0.444. The minimum absolute atomic E-state index is 0.404. The number of pyridine rings is 1. The van der Waals surface area contributed by atoms with Gasteiger partial charge in [-0.25, -0.2) is 4.98 Å². The van der Waals surface area contributed by atoms with Gasteiger partial charge >= 0.3 is 0 Å². The number of nitrogens with zero attached hydrogens (tertiary/aromatic N) is 7. The topological polar surface area (TPSA) is 101 Å². The molecule has 3 aromatic rings. The van der Waals surface area contributed by atoms with E-state index in [2.05, 4.69) is 30.4 Å². The number of rotatable bonds is 7. The fourth-order valence-corrected chi connectivity index (χ4v) is 2.91. The molecule has 4 rings (SSSR count). The maximum Gasteiger partial charge on any atom is 0.228 e. The number of aromatic nitrogens is 7. The highest BCUT2D eigenvalue weighted by atomic mass is 16.5. The van der Waals surface area contributed by atoms with E-state index in [1.165, 1.54) is 4.80 Å². The quantitative estimate of drug-likeness (QED) is 0.625.